The van der Waals surface area contributed by atoms with Crippen molar-refractivity contribution in [3.8, 4) is 0 Å². The van der Waals surface area contributed by atoms with Crippen molar-refractivity contribution in [1.82, 2.24) is 19.6 Å². The monoisotopic (exact) mass is 371 g/mol. The fraction of sp³-hybridized carbons (Fsp3) is 0.526. The first kappa shape index (κ1) is 17.8. The first-order valence-electron chi connectivity index (χ1n) is 9.33. The van der Waals surface area contributed by atoms with E-state index >= 15 is 0 Å². The van der Waals surface area contributed by atoms with Crippen molar-refractivity contribution in [3.05, 3.63) is 35.9 Å². The summed E-state index contributed by atoms with van der Waals surface area (Å²) in [4.78, 5) is 37.1. The van der Waals surface area contributed by atoms with Crippen molar-refractivity contribution in [2.24, 2.45) is 4.99 Å². The van der Waals surface area contributed by atoms with Gasteiger partial charge in [0.2, 0.25) is 0 Å². The first-order chi connectivity index (χ1) is 13.1. The molecule has 0 unspecified atom stereocenters. The van der Waals surface area contributed by atoms with Gasteiger partial charge in [0.05, 0.1) is 13.2 Å². The minimum Gasteiger partial charge on any atom is -0.378 e. The lowest BCUT2D eigenvalue weighted by molar-refractivity contribution is -0.136. The number of hydrogen-bond acceptors (Lipinski definition) is 6. The van der Waals surface area contributed by atoms with Crippen LogP contribution < -0.4 is 0 Å². The number of likely N-dealkylation sites (N-methyl/N-ethyl adjacent to an activating group) is 2. The number of fused-ring (bicyclic) bond motifs is 1. The second-order valence-corrected chi connectivity index (χ2v) is 7.11. The van der Waals surface area contributed by atoms with Crippen molar-refractivity contribution in [2.75, 3.05) is 46.9 Å². The highest BCUT2D eigenvalue weighted by Crippen LogP contribution is 2.28. The van der Waals surface area contributed by atoms with E-state index in [1.54, 1.807) is 19.0 Å². The molecule has 144 valence electrons. The van der Waals surface area contributed by atoms with E-state index in [0.29, 0.717) is 19.8 Å². The molecule has 3 heterocycles. The number of ether oxygens (including phenoxy) is 1. The number of benzene rings is 1. The summed E-state index contributed by atoms with van der Waals surface area (Å²) in [6.07, 6.45) is 0.331. The number of urea groups is 1. The molecule has 0 N–H and O–H groups in total. The Kier molecular flexibility index (Phi) is 4.73. The largest absolute Gasteiger partial charge is 0.378 e. The number of nitrogens with zero attached hydrogens (tertiary/aromatic N) is 5. The Morgan fingerprint density at radius 3 is 2.52 bits per heavy atom. The van der Waals surface area contributed by atoms with Crippen LogP contribution in [0.25, 0.3) is 0 Å². The number of carbonyl (C=O) groups is 2. The predicted octanol–water partition coefficient (Wildman–Crippen LogP) is 0.451. The van der Waals surface area contributed by atoms with Crippen molar-refractivity contribution in [3.63, 3.8) is 0 Å². The third-order valence-electron chi connectivity index (χ3n) is 5.47. The number of aliphatic imine (C=N–C) groups is 1. The minimum absolute atomic E-state index is 0.192. The molecule has 0 saturated carbocycles. The number of amides is 3. The van der Waals surface area contributed by atoms with Crippen LogP contribution in [0.4, 0.5) is 4.79 Å². The average molecular weight is 371 g/mol. The summed E-state index contributed by atoms with van der Waals surface area (Å²) in [7, 11) is 3.25. The molecular weight excluding hydrogens is 346 g/mol. The molecule has 8 nitrogen and oxygen atoms in total. The Bertz CT molecular complexity index is 747. The Morgan fingerprint density at radius 2 is 1.81 bits per heavy atom. The van der Waals surface area contributed by atoms with Crippen LogP contribution in [-0.4, -0.2) is 96.6 Å². The Labute approximate surface area is 159 Å². The molecule has 4 rings (SSSR count). The number of rotatable bonds is 3. The quantitative estimate of drug-likeness (QED) is 0.772. The highest BCUT2D eigenvalue weighted by molar-refractivity contribution is 6.03. The van der Waals surface area contributed by atoms with Gasteiger partial charge in [-0.05, 0) is 12.0 Å². The van der Waals surface area contributed by atoms with E-state index in [-0.39, 0.29) is 11.9 Å². The topological polar surface area (TPSA) is 68.7 Å². The van der Waals surface area contributed by atoms with Crippen LogP contribution in [0.5, 0.6) is 0 Å². The summed E-state index contributed by atoms with van der Waals surface area (Å²) >= 11 is 0. The first-order valence-corrected chi connectivity index (χ1v) is 9.33. The second kappa shape index (κ2) is 7.19. The van der Waals surface area contributed by atoms with E-state index in [9.17, 15) is 9.59 Å². The number of guanidine groups is 1. The summed E-state index contributed by atoms with van der Waals surface area (Å²) in [6, 6.07) is 9.43. The Morgan fingerprint density at radius 1 is 1.11 bits per heavy atom. The van der Waals surface area contributed by atoms with E-state index in [2.05, 4.69) is 21.9 Å². The third kappa shape index (κ3) is 3.14. The van der Waals surface area contributed by atoms with Crippen molar-refractivity contribution in [1.29, 1.82) is 0 Å². The van der Waals surface area contributed by atoms with Gasteiger partial charge in [-0.2, -0.15) is 0 Å². The van der Waals surface area contributed by atoms with Gasteiger partial charge in [0, 0.05) is 33.7 Å². The molecule has 2 saturated heterocycles. The van der Waals surface area contributed by atoms with Gasteiger partial charge in [-0.15, -0.1) is 0 Å². The number of carbonyl (C=O) groups excluding carboxylic acids is 2. The van der Waals surface area contributed by atoms with Crippen LogP contribution in [0.15, 0.2) is 35.3 Å². The zero-order valence-electron chi connectivity index (χ0n) is 15.7. The Hall–Kier alpha value is -2.61. The molecule has 3 aliphatic rings. The third-order valence-corrected chi connectivity index (χ3v) is 5.47. The molecule has 0 aromatic heterocycles. The highest BCUT2D eigenvalue weighted by atomic mass is 16.5. The number of morpholine rings is 1. The standard InChI is InChI=1S/C19H25N5O3/c1-21-16-15(17(25)22(2)19(21)26)24(9-8-14-6-4-3-5-7-14)18(20-16)23-10-12-27-13-11-23/h3-7,15-16H,8-13H2,1-2H3/t15-,16-/m1/s1. The van der Waals surface area contributed by atoms with Gasteiger partial charge in [0.25, 0.3) is 5.91 Å². The lowest BCUT2D eigenvalue weighted by Crippen LogP contribution is -2.64. The Balaban J connectivity index is 1.62. The second-order valence-electron chi connectivity index (χ2n) is 7.11. The molecule has 1 aromatic rings. The van der Waals surface area contributed by atoms with Gasteiger partial charge >= 0.3 is 6.03 Å². The molecule has 0 spiro atoms. The average Bonchev–Trinajstić information content (AvgIpc) is 3.10. The maximum absolute atomic E-state index is 12.9. The fourth-order valence-corrected chi connectivity index (χ4v) is 3.91. The molecule has 3 amide bonds. The van der Waals surface area contributed by atoms with Crippen molar-refractivity contribution in [2.45, 2.75) is 18.6 Å². The van der Waals surface area contributed by atoms with Crippen molar-refractivity contribution < 1.29 is 14.3 Å². The van der Waals surface area contributed by atoms with E-state index in [1.807, 2.05) is 18.2 Å². The van der Waals surface area contributed by atoms with Gasteiger partial charge in [0.1, 0.15) is 0 Å². The van der Waals surface area contributed by atoms with Crippen molar-refractivity contribution >= 4 is 17.9 Å². The molecule has 0 bridgehead atoms. The lowest BCUT2D eigenvalue weighted by atomic mass is 10.1. The summed E-state index contributed by atoms with van der Waals surface area (Å²) in [5, 5.41) is 0. The van der Waals surface area contributed by atoms with Gasteiger partial charge in [-0.25, -0.2) is 9.79 Å². The maximum Gasteiger partial charge on any atom is 0.328 e. The molecule has 2 fully saturated rings. The minimum atomic E-state index is -0.477. The zero-order valence-corrected chi connectivity index (χ0v) is 15.7. The van der Waals surface area contributed by atoms with Gasteiger partial charge in [0.15, 0.2) is 18.2 Å². The fourth-order valence-electron chi connectivity index (χ4n) is 3.91. The summed E-state index contributed by atoms with van der Waals surface area (Å²) in [5.74, 6) is 0.607. The van der Waals surface area contributed by atoms with E-state index in [4.69, 9.17) is 9.73 Å². The van der Waals surface area contributed by atoms with Crippen LogP contribution in [-0.2, 0) is 16.0 Å². The van der Waals surface area contributed by atoms with Crippen LogP contribution in [0.2, 0.25) is 0 Å². The normalized spacial score (nSPS) is 25.8. The van der Waals surface area contributed by atoms with Crippen LogP contribution in [0.1, 0.15) is 5.56 Å². The molecular formula is C19H25N5O3. The van der Waals surface area contributed by atoms with Gasteiger partial charge < -0.3 is 19.4 Å². The van der Waals surface area contributed by atoms with Crippen LogP contribution in [0.3, 0.4) is 0 Å². The summed E-state index contributed by atoms with van der Waals surface area (Å²) < 4.78 is 5.46. The van der Waals surface area contributed by atoms with Crippen LogP contribution in [0, 0.1) is 0 Å². The molecule has 27 heavy (non-hydrogen) atoms. The van der Waals surface area contributed by atoms with E-state index < -0.39 is 12.2 Å². The molecule has 1 aromatic carbocycles. The van der Waals surface area contributed by atoms with Gasteiger partial charge in [-0.1, -0.05) is 30.3 Å². The molecule has 0 aliphatic carbocycles. The van der Waals surface area contributed by atoms with Gasteiger partial charge in [-0.3, -0.25) is 9.69 Å². The lowest BCUT2D eigenvalue weighted by Gasteiger charge is -2.41. The zero-order chi connectivity index (χ0) is 19.0. The smallest absolute Gasteiger partial charge is 0.328 e. The highest BCUT2D eigenvalue weighted by Gasteiger charge is 2.51. The van der Waals surface area contributed by atoms with E-state index in [0.717, 1.165) is 25.5 Å². The molecule has 0 radical (unpaired) electrons. The molecule has 2 atom stereocenters. The molecule has 3 aliphatic heterocycles. The molecule has 8 heteroatoms. The maximum atomic E-state index is 12.9. The predicted molar refractivity (Wildman–Crippen MR) is 100 cm³/mol. The number of hydrogen-bond donors (Lipinski definition) is 0. The SMILES string of the molecule is CN1C(=O)[C@H]2[C@H](N=C(N3CCOCC3)N2CCc2ccccc2)N(C)C1=O. The summed E-state index contributed by atoms with van der Waals surface area (Å²) in [5.41, 5.74) is 1.21. The van der Waals surface area contributed by atoms with Crippen LogP contribution >= 0.6 is 0 Å². The summed E-state index contributed by atoms with van der Waals surface area (Å²) in [6.45, 7) is 3.43. The van der Waals surface area contributed by atoms with E-state index in [1.165, 1.54) is 10.5 Å². The number of imide groups is 1.